The second kappa shape index (κ2) is 9.08. The molecule has 0 bridgehead atoms. The summed E-state index contributed by atoms with van der Waals surface area (Å²) in [5.41, 5.74) is 6.33. The first-order valence-corrected chi connectivity index (χ1v) is 11.8. The van der Waals surface area contributed by atoms with Crippen molar-refractivity contribution < 1.29 is 0 Å². The smallest absolute Gasteiger partial charge is 0.139 e. The van der Waals surface area contributed by atoms with Crippen LogP contribution in [0.4, 0.5) is 11.5 Å². The van der Waals surface area contributed by atoms with Gasteiger partial charge in [0.25, 0.3) is 0 Å². The lowest BCUT2D eigenvalue weighted by Crippen LogP contribution is -2.44. The Bertz CT molecular complexity index is 1160. The summed E-state index contributed by atoms with van der Waals surface area (Å²) in [5.74, 6) is 1.02. The van der Waals surface area contributed by atoms with Crippen molar-refractivity contribution in [3.63, 3.8) is 0 Å². The first-order valence-electron chi connectivity index (χ1n) is 11.8. The van der Waals surface area contributed by atoms with E-state index >= 15 is 0 Å². The normalized spacial score (nSPS) is 18.2. The number of nitrogens with zero attached hydrogens (tertiary/aromatic N) is 7. The summed E-state index contributed by atoms with van der Waals surface area (Å²) in [7, 11) is 4.35. The summed E-state index contributed by atoms with van der Waals surface area (Å²) < 4.78 is 0. The van der Waals surface area contributed by atoms with Crippen LogP contribution in [0.2, 0.25) is 0 Å². The highest BCUT2D eigenvalue weighted by Crippen LogP contribution is 2.31. The van der Waals surface area contributed by atoms with Gasteiger partial charge in [0.05, 0.1) is 17.4 Å². The van der Waals surface area contributed by atoms with Crippen LogP contribution >= 0.6 is 0 Å². The fraction of sp³-hybridized carbons (Fsp3) is 0.423. The van der Waals surface area contributed by atoms with Crippen LogP contribution < -0.4 is 9.80 Å². The van der Waals surface area contributed by atoms with E-state index in [9.17, 15) is 0 Å². The first-order chi connectivity index (χ1) is 16.0. The lowest BCUT2D eigenvalue weighted by molar-refractivity contribution is 0.312. The molecule has 0 saturated carbocycles. The van der Waals surface area contributed by atoms with Gasteiger partial charge in [-0.15, -0.1) is 0 Å². The number of pyridine rings is 1. The maximum absolute atomic E-state index is 4.73. The number of hydrogen-bond donors (Lipinski definition) is 0. The Morgan fingerprint density at radius 3 is 2.18 bits per heavy atom. The summed E-state index contributed by atoms with van der Waals surface area (Å²) >= 11 is 0. The van der Waals surface area contributed by atoms with E-state index in [4.69, 9.17) is 4.98 Å². The highest BCUT2D eigenvalue weighted by Gasteiger charge is 2.20. The van der Waals surface area contributed by atoms with Gasteiger partial charge in [-0.1, -0.05) is 12.6 Å². The van der Waals surface area contributed by atoms with Crippen molar-refractivity contribution in [1.29, 1.82) is 0 Å². The van der Waals surface area contributed by atoms with Gasteiger partial charge in [0.1, 0.15) is 12.1 Å². The standard InChI is InChI=1S/C26H33N7/c1-19(23-16-22(17-27-20(23)2)32-11-7-30(3)8-12-32)21-5-6-25-24(15-21)26(29-18-28-25)33-13-9-31(4)10-14-33/h5-6,15-18H,1,7-14H2,2-4H3. The third-order valence-corrected chi connectivity index (χ3v) is 7.03. The van der Waals surface area contributed by atoms with Gasteiger partial charge in [-0.3, -0.25) is 4.98 Å². The zero-order chi connectivity index (χ0) is 22.9. The SMILES string of the molecule is C=C(c1ccc2ncnc(N3CCN(C)CC3)c2c1)c1cc(N2CCN(C)CC2)cnc1C. The molecule has 1 aromatic carbocycles. The van der Waals surface area contributed by atoms with Crippen molar-refractivity contribution in [3.05, 3.63) is 60.2 Å². The number of hydrogen-bond acceptors (Lipinski definition) is 7. The topological polar surface area (TPSA) is 51.6 Å². The Kier molecular flexibility index (Phi) is 6.00. The fourth-order valence-corrected chi connectivity index (χ4v) is 4.72. The molecule has 2 aromatic heterocycles. The minimum Gasteiger partial charge on any atom is -0.368 e. The molecule has 0 spiro atoms. The zero-order valence-corrected chi connectivity index (χ0v) is 20.0. The van der Waals surface area contributed by atoms with Gasteiger partial charge in [-0.05, 0) is 50.4 Å². The molecule has 0 N–H and O–H groups in total. The maximum Gasteiger partial charge on any atom is 0.139 e. The highest BCUT2D eigenvalue weighted by molar-refractivity contribution is 5.94. The van der Waals surface area contributed by atoms with Crippen molar-refractivity contribution in [2.24, 2.45) is 0 Å². The molecule has 4 heterocycles. The quantitative estimate of drug-likeness (QED) is 0.615. The Balaban J connectivity index is 1.47. The summed E-state index contributed by atoms with van der Waals surface area (Å²) in [6.07, 6.45) is 3.68. The summed E-state index contributed by atoms with van der Waals surface area (Å²) in [4.78, 5) is 23.4. The number of piperazine rings is 2. The molecule has 0 atom stereocenters. The molecule has 172 valence electrons. The van der Waals surface area contributed by atoms with Crippen LogP contribution in [0, 0.1) is 6.92 Å². The van der Waals surface area contributed by atoms with Crippen molar-refractivity contribution in [1.82, 2.24) is 24.8 Å². The molecule has 33 heavy (non-hydrogen) atoms. The van der Waals surface area contributed by atoms with E-state index < -0.39 is 0 Å². The predicted molar refractivity (Wildman–Crippen MR) is 136 cm³/mol. The highest BCUT2D eigenvalue weighted by atomic mass is 15.3. The van der Waals surface area contributed by atoms with Crippen molar-refractivity contribution in [2.75, 3.05) is 76.3 Å². The van der Waals surface area contributed by atoms with E-state index in [1.54, 1.807) is 6.33 Å². The van der Waals surface area contributed by atoms with Crippen LogP contribution in [0.15, 0.2) is 43.4 Å². The van der Waals surface area contributed by atoms with Crippen LogP contribution in [0.1, 0.15) is 16.8 Å². The minimum absolute atomic E-state index is 0.969. The molecule has 2 saturated heterocycles. The van der Waals surface area contributed by atoms with E-state index in [0.717, 1.165) is 91.5 Å². The van der Waals surface area contributed by atoms with Gasteiger partial charge in [-0.2, -0.15) is 0 Å². The number of benzene rings is 1. The van der Waals surface area contributed by atoms with Gasteiger partial charge >= 0.3 is 0 Å². The molecule has 3 aromatic rings. The molecule has 2 aliphatic heterocycles. The number of fused-ring (bicyclic) bond motifs is 1. The summed E-state index contributed by atoms with van der Waals surface area (Å²) in [6, 6.07) is 8.66. The Labute approximate surface area is 196 Å². The van der Waals surface area contributed by atoms with E-state index in [2.05, 4.69) is 81.4 Å². The van der Waals surface area contributed by atoms with E-state index in [-0.39, 0.29) is 0 Å². The molecule has 2 aliphatic rings. The number of aromatic nitrogens is 3. The van der Waals surface area contributed by atoms with Crippen LogP contribution in [0.5, 0.6) is 0 Å². The molecule has 5 rings (SSSR count). The maximum atomic E-state index is 4.73. The third-order valence-electron chi connectivity index (χ3n) is 7.03. The Morgan fingerprint density at radius 2 is 1.48 bits per heavy atom. The number of anilines is 2. The minimum atomic E-state index is 0.969. The molecule has 0 unspecified atom stereocenters. The summed E-state index contributed by atoms with van der Waals surface area (Å²) in [5, 5.41) is 1.08. The molecule has 7 nitrogen and oxygen atoms in total. The average molecular weight is 444 g/mol. The first kappa shape index (κ1) is 21.8. The summed E-state index contributed by atoms with van der Waals surface area (Å²) in [6.45, 7) is 14.8. The second-order valence-electron chi connectivity index (χ2n) is 9.31. The van der Waals surface area contributed by atoms with Gasteiger partial charge in [0.2, 0.25) is 0 Å². The largest absolute Gasteiger partial charge is 0.368 e. The second-order valence-corrected chi connectivity index (χ2v) is 9.31. The Hall–Kier alpha value is -3.03. The molecule has 0 radical (unpaired) electrons. The lowest BCUT2D eigenvalue weighted by Gasteiger charge is -2.34. The van der Waals surface area contributed by atoms with Crippen molar-refractivity contribution >= 4 is 28.0 Å². The third kappa shape index (κ3) is 4.43. The zero-order valence-electron chi connectivity index (χ0n) is 20.0. The molecule has 7 heteroatoms. The Morgan fingerprint density at radius 1 is 0.818 bits per heavy atom. The fourth-order valence-electron chi connectivity index (χ4n) is 4.72. The van der Waals surface area contributed by atoms with Crippen molar-refractivity contribution in [2.45, 2.75) is 6.92 Å². The van der Waals surface area contributed by atoms with Gasteiger partial charge < -0.3 is 19.6 Å². The number of rotatable bonds is 4. The monoisotopic (exact) mass is 443 g/mol. The van der Waals surface area contributed by atoms with Crippen molar-refractivity contribution in [3.8, 4) is 0 Å². The molecule has 0 aliphatic carbocycles. The lowest BCUT2D eigenvalue weighted by atomic mass is 9.96. The molecular formula is C26H33N7. The van der Waals surface area contributed by atoms with Crippen LogP contribution in [-0.4, -0.2) is 91.2 Å². The van der Waals surface area contributed by atoms with E-state index in [0.29, 0.717) is 0 Å². The predicted octanol–water partition coefficient (Wildman–Crippen LogP) is 2.90. The average Bonchev–Trinajstić information content (AvgIpc) is 2.84. The van der Waals surface area contributed by atoms with Crippen LogP contribution in [-0.2, 0) is 0 Å². The molecular weight excluding hydrogens is 410 g/mol. The van der Waals surface area contributed by atoms with E-state index in [1.165, 1.54) is 5.69 Å². The number of aryl methyl sites for hydroxylation is 1. The van der Waals surface area contributed by atoms with Gasteiger partial charge in [0, 0.05) is 69.0 Å². The van der Waals surface area contributed by atoms with Gasteiger partial charge in [0.15, 0.2) is 0 Å². The van der Waals surface area contributed by atoms with Gasteiger partial charge in [-0.25, -0.2) is 9.97 Å². The van der Waals surface area contributed by atoms with Crippen LogP contribution in [0.3, 0.4) is 0 Å². The van der Waals surface area contributed by atoms with E-state index in [1.807, 2.05) is 6.20 Å². The van der Waals surface area contributed by atoms with Crippen LogP contribution in [0.25, 0.3) is 16.5 Å². The molecule has 0 amide bonds. The molecule has 2 fully saturated rings. The number of likely N-dealkylation sites (N-methyl/N-ethyl adjacent to an activating group) is 2.